The van der Waals surface area contributed by atoms with Gasteiger partial charge in [-0.3, -0.25) is 0 Å². The van der Waals surface area contributed by atoms with Crippen molar-refractivity contribution in [1.82, 2.24) is 0 Å². The van der Waals surface area contributed by atoms with Crippen LogP contribution in [0.15, 0.2) is 24.3 Å². The van der Waals surface area contributed by atoms with Crippen LogP contribution in [0.25, 0.3) is 0 Å². The fourth-order valence-corrected chi connectivity index (χ4v) is 2.25. The van der Waals surface area contributed by atoms with E-state index in [-0.39, 0.29) is 59.8 Å². The van der Waals surface area contributed by atoms with E-state index < -0.39 is 11.9 Å². The second-order valence-corrected chi connectivity index (χ2v) is 5.57. The zero-order valence-electron chi connectivity index (χ0n) is 15.4. The number of carboxylic acid groups (broad SMARTS) is 2. The summed E-state index contributed by atoms with van der Waals surface area (Å²) in [6.07, 6.45) is 0. The first kappa shape index (κ1) is 29.5. The molecule has 0 heterocycles. The molecular formula is C18H24O8Zr. The molecule has 0 spiro atoms. The average Bonchev–Trinajstić information content (AvgIpc) is 2.46. The van der Waals surface area contributed by atoms with Crippen molar-refractivity contribution >= 4 is 11.9 Å². The molecule has 2 aromatic carbocycles. The molecule has 27 heavy (non-hydrogen) atoms. The smallest absolute Gasteiger partial charge is 0.339 e. The number of carboxylic acids is 2. The third-order valence-corrected chi connectivity index (χ3v) is 3.35. The Morgan fingerprint density at radius 3 is 1.15 bits per heavy atom. The summed E-state index contributed by atoms with van der Waals surface area (Å²) < 4.78 is 0. The van der Waals surface area contributed by atoms with Crippen molar-refractivity contribution in [2.75, 3.05) is 0 Å². The van der Waals surface area contributed by atoms with Crippen LogP contribution in [0.5, 0.6) is 11.5 Å². The van der Waals surface area contributed by atoms with Crippen LogP contribution in [-0.2, 0) is 26.2 Å². The summed E-state index contributed by atoms with van der Waals surface area (Å²) in [5.41, 5.74) is 2.78. The third kappa shape index (κ3) is 7.91. The number of rotatable bonds is 2. The number of benzene rings is 2. The quantitative estimate of drug-likeness (QED) is 0.531. The normalized spacial score (nSPS) is 8.74. The van der Waals surface area contributed by atoms with Crippen LogP contribution >= 0.6 is 0 Å². The Morgan fingerprint density at radius 1 is 0.667 bits per heavy atom. The number of phenols is 2. The molecule has 0 aliphatic rings. The Bertz CT molecular complexity index is 735. The molecule has 0 aliphatic carbocycles. The van der Waals surface area contributed by atoms with E-state index in [1.54, 1.807) is 39.8 Å². The summed E-state index contributed by atoms with van der Waals surface area (Å²) in [4.78, 5) is 21.1. The summed E-state index contributed by atoms with van der Waals surface area (Å²) in [6, 6.07) is 6.37. The van der Waals surface area contributed by atoms with Crippen LogP contribution in [-0.4, -0.2) is 43.3 Å². The predicted octanol–water partition coefficient (Wildman–Crippen LogP) is 1.76. The van der Waals surface area contributed by atoms with E-state index in [1.165, 1.54) is 12.1 Å². The van der Waals surface area contributed by atoms with Gasteiger partial charge >= 0.3 is 11.9 Å². The average molecular weight is 460 g/mol. The Balaban J connectivity index is -0.000000384. The summed E-state index contributed by atoms with van der Waals surface area (Å²) in [7, 11) is 0. The fourth-order valence-electron chi connectivity index (χ4n) is 2.25. The second kappa shape index (κ2) is 12.2. The zero-order chi connectivity index (χ0) is 18.6. The molecular weight excluding hydrogens is 435 g/mol. The minimum atomic E-state index is -1.10. The van der Waals surface area contributed by atoms with Gasteiger partial charge in [0, 0.05) is 26.2 Å². The van der Waals surface area contributed by atoms with Crippen molar-refractivity contribution in [2.24, 2.45) is 0 Å². The Morgan fingerprint density at radius 2 is 0.926 bits per heavy atom. The van der Waals surface area contributed by atoms with Crippen LogP contribution in [0, 0.1) is 27.7 Å². The van der Waals surface area contributed by atoms with Gasteiger partial charge in [-0.25, -0.2) is 9.59 Å². The van der Waals surface area contributed by atoms with Crippen LogP contribution in [0.1, 0.15) is 43.0 Å². The molecule has 0 saturated carbocycles. The molecule has 9 heteroatoms. The van der Waals surface area contributed by atoms with Crippen molar-refractivity contribution in [2.45, 2.75) is 27.7 Å². The maximum Gasteiger partial charge on any atom is 0.339 e. The van der Waals surface area contributed by atoms with Gasteiger partial charge in [-0.05, 0) is 62.1 Å². The monoisotopic (exact) mass is 458 g/mol. The molecule has 0 atom stereocenters. The van der Waals surface area contributed by atoms with Crippen LogP contribution in [0.3, 0.4) is 0 Å². The predicted molar refractivity (Wildman–Crippen MR) is 96.3 cm³/mol. The van der Waals surface area contributed by atoms with Crippen LogP contribution < -0.4 is 0 Å². The summed E-state index contributed by atoms with van der Waals surface area (Å²) in [6.45, 7) is 6.93. The van der Waals surface area contributed by atoms with Crippen molar-refractivity contribution in [3.05, 3.63) is 57.6 Å². The minimum Gasteiger partial charge on any atom is -0.507 e. The first-order chi connectivity index (χ1) is 11.0. The topological polar surface area (TPSA) is 178 Å². The summed E-state index contributed by atoms with van der Waals surface area (Å²) >= 11 is 0. The SMILES string of the molecule is Cc1cc(C)c(O)c(C(=O)O)c1.Cc1cc(C)c(O)c(C(=O)O)c1.O.O.[Zr]. The van der Waals surface area contributed by atoms with E-state index in [1.807, 2.05) is 0 Å². The molecule has 8 nitrogen and oxygen atoms in total. The second-order valence-electron chi connectivity index (χ2n) is 5.57. The van der Waals surface area contributed by atoms with E-state index in [9.17, 15) is 19.8 Å². The molecule has 0 fully saturated rings. The summed E-state index contributed by atoms with van der Waals surface area (Å²) in [5.74, 6) is -2.49. The van der Waals surface area contributed by atoms with E-state index in [2.05, 4.69) is 0 Å². The number of aromatic carboxylic acids is 2. The fraction of sp³-hybridized carbons (Fsp3) is 0.222. The van der Waals surface area contributed by atoms with Gasteiger partial charge < -0.3 is 31.4 Å². The van der Waals surface area contributed by atoms with Crippen LogP contribution in [0.4, 0.5) is 0 Å². The largest absolute Gasteiger partial charge is 0.507 e. The van der Waals surface area contributed by atoms with Crippen molar-refractivity contribution in [1.29, 1.82) is 0 Å². The zero-order valence-corrected chi connectivity index (χ0v) is 17.9. The molecule has 8 N–H and O–H groups in total. The van der Waals surface area contributed by atoms with Gasteiger partial charge in [0.2, 0.25) is 0 Å². The summed E-state index contributed by atoms with van der Waals surface area (Å²) in [5, 5.41) is 35.9. The number of aromatic hydroxyl groups is 2. The number of carbonyl (C=O) groups is 2. The molecule has 0 aromatic heterocycles. The third-order valence-electron chi connectivity index (χ3n) is 3.35. The molecule has 0 unspecified atom stereocenters. The molecule has 148 valence electrons. The van der Waals surface area contributed by atoms with Gasteiger partial charge in [0.1, 0.15) is 22.6 Å². The molecule has 2 aromatic rings. The number of hydrogen-bond acceptors (Lipinski definition) is 4. The van der Waals surface area contributed by atoms with E-state index in [0.29, 0.717) is 11.1 Å². The van der Waals surface area contributed by atoms with Crippen molar-refractivity contribution in [3.8, 4) is 11.5 Å². The maximum absolute atomic E-state index is 10.6. The van der Waals surface area contributed by atoms with Gasteiger partial charge in [-0.15, -0.1) is 0 Å². The Hall–Kier alpha value is -2.22. The first-order valence-electron chi connectivity index (χ1n) is 7.11. The molecule has 0 saturated heterocycles. The molecule has 0 bridgehead atoms. The Kier molecular flexibility index (Phi) is 13.4. The van der Waals surface area contributed by atoms with Gasteiger partial charge in [0.05, 0.1) is 0 Å². The molecule has 0 aliphatic heterocycles. The molecule has 0 radical (unpaired) electrons. The number of hydrogen-bond donors (Lipinski definition) is 4. The number of aryl methyl sites for hydroxylation is 4. The van der Waals surface area contributed by atoms with Crippen molar-refractivity contribution < 1.29 is 67.2 Å². The minimum absolute atomic E-state index is 0. The standard InChI is InChI=1S/2C9H10O3.2H2O.Zr/c2*1-5-3-6(2)8(10)7(4-5)9(11)12;;;/h2*3-4,10H,1-2H3,(H,11,12);2*1H2;. The van der Waals surface area contributed by atoms with E-state index >= 15 is 0 Å². The molecule has 2 rings (SSSR count). The van der Waals surface area contributed by atoms with Gasteiger partial charge in [0.15, 0.2) is 0 Å². The van der Waals surface area contributed by atoms with Gasteiger partial charge in [-0.1, -0.05) is 12.1 Å². The van der Waals surface area contributed by atoms with Crippen molar-refractivity contribution in [3.63, 3.8) is 0 Å². The van der Waals surface area contributed by atoms with E-state index in [4.69, 9.17) is 10.2 Å². The van der Waals surface area contributed by atoms with Gasteiger partial charge in [-0.2, -0.15) is 0 Å². The molecule has 0 amide bonds. The Labute approximate surface area is 175 Å². The first-order valence-corrected chi connectivity index (χ1v) is 7.11. The van der Waals surface area contributed by atoms with Gasteiger partial charge in [0.25, 0.3) is 0 Å². The van der Waals surface area contributed by atoms with E-state index in [0.717, 1.165) is 11.1 Å². The maximum atomic E-state index is 10.6. The van der Waals surface area contributed by atoms with Crippen LogP contribution in [0.2, 0.25) is 0 Å².